The van der Waals surface area contributed by atoms with Gasteiger partial charge in [-0.05, 0) is 19.1 Å². The number of carbonyl (C=O) groups excluding carboxylic acids is 2. The lowest BCUT2D eigenvalue weighted by molar-refractivity contribution is -0.131. The largest absolute Gasteiger partial charge is 0.466 e. The molecule has 1 aliphatic heterocycles. The summed E-state index contributed by atoms with van der Waals surface area (Å²) in [5, 5.41) is 2.62. The topological polar surface area (TPSA) is 62.6 Å². The minimum atomic E-state index is -1.13. The Balaban J connectivity index is 2.27. The number of imide groups is 1. The molecule has 5 nitrogen and oxygen atoms in total. The van der Waals surface area contributed by atoms with E-state index in [4.69, 9.17) is 10.8 Å². The van der Waals surface area contributed by atoms with Crippen molar-refractivity contribution in [1.29, 1.82) is 0 Å². The molecule has 17 heavy (non-hydrogen) atoms. The average molecular weight is 232 g/mol. The molecule has 0 bridgehead atoms. The Kier molecular flexibility index (Phi) is 2.64. The highest BCUT2D eigenvalue weighted by Crippen LogP contribution is 2.28. The number of nitrogens with zero attached hydrogens (tertiary/aromatic N) is 1. The molecule has 3 amide bonds. The van der Waals surface area contributed by atoms with E-state index in [1.54, 1.807) is 19.1 Å². The highest BCUT2D eigenvalue weighted by Gasteiger charge is 2.50. The van der Waals surface area contributed by atoms with Crippen LogP contribution in [-0.4, -0.2) is 23.4 Å². The molecule has 2 heterocycles. The molecule has 0 saturated carbocycles. The number of amides is 3. The number of hydrogen-bond acceptors (Lipinski definition) is 3. The first-order chi connectivity index (χ1) is 8.09. The molecule has 2 rings (SSSR count). The molecule has 1 N–H and O–H groups in total. The van der Waals surface area contributed by atoms with Gasteiger partial charge in [0.25, 0.3) is 5.91 Å². The van der Waals surface area contributed by atoms with Gasteiger partial charge in [-0.3, -0.25) is 9.69 Å². The monoisotopic (exact) mass is 232 g/mol. The first kappa shape index (κ1) is 11.3. The summed E-state index contributed by atoms with van der Waals surface area (Å²) >= 11 is 0. The predicted octanol–water partition coefficient (Wildman–Crippen LogP) is 1.07. The van der Waals surface area contributed by atoms with Crippen molar-refractivity contribution in [2.75, 3.05) is 6.54 Å². The van der Waals surface area contributed by atoms with E-state index in [0.29, 0.717) is 12.2 Å². The van der Waals surface area contributed by atoms with Crippen molar-refractivity contribution < 1.29 is 14.0 Å². The smallest absolute Gasteiger partial charge is 0.325 e. The lowest BCUT2D eigenvalue weighted by Crippen LogP contribution is -2.40. The molecule has 0 aromatic carbocycles. The Bertz CT molecular complexity index is 486. The van der Waals surface area contributed by atoms with Gasteiger partial charge in [-0.2, -0.15) is 0 Å². The van der Waals surface area contributed by atoms with Crippen LogP contribution in [0.15, 0.2) is 22.8 Å². The number of rotatable bonds is 3. The summed E-state index contributed by atoms with van der Waals surface area (Å²) in [5.74, 6) is 2.48. The maximum absolute atomic E-state index is 12.2. The van der Waals surface area contributed by atoms with E-state index in [0.717, 1.165) is 4.90 Å². The molecule has 0 aliphatic carbocycles. The number of urea groups is 1. The molecule has 1 atom stereocenters. The van der Waals surface area contributed by atoms with Gasteiger partial charge in [-0.1, -0.05) is 0 Å². The van der Waals surface area contributed by atoms with E-state index < -0.39 is 11.6 Å². The zero-order valence-corrected chi connectivity index (χ0v) is 9.40. The van der Waals surface area contributed by atoms with Crippen molar-refractivity contribution in [3.63, 3.8) is 0 Å². The third kappa shape index (κ3) is 1.68. The first-order valence-electron chi connectivity index (χ1n) is 5.21. The van der Waals surface area contributed by atoms with Gasteiger partial charge >= 0.3 is 6.03 Å². The fourth-order valence-corrected chi connectivity index (χ4v) is 1.81. The summed E-state index contributed by atoms with van der Waals surface area (Å²) in [6.07, 6.45) is 6.92. The van der Waals surface area contributed by atoms with Gasteiger partial charge in [0.1, 0.15) is 5.76 Å². The maximum Gasteiger partial charge on any atom is 0.325 e. The van der Waals surface area contributed by atoms with Crippen molar-refractivity contribution in [2.45, 2.75) is 18.9 Å². The van der Waals surface area contributed by atoms with E-state index in [2.05, 4.69) is 11.2 Å². The summed E-state index contributed by atoms with van der Waals surface area (Å²) in [6, 6.07) is 2.89. The van der Waals surface area contributed by atoms with Crippen molar-refractivity contribution in [3.05, 3.63) is 24.2 Å². The van der Waals surface area contributed by atoms with Gasteiger partial charge in [0, 0.05) is 13.0 Å². The van der Waals surface area contributed by atoms with Crippen LogP contribution >= 0.6 is 0 Å². The summed E-state index contributed by atoms with van der Waals surface area (Å²) in [7, 11) is 0. The summed E-state index contributed by atoms with van der Waals surface area (Å²) in [6.45, 7) is 1.83. The molecule has 1 aliphatic rings. The summed E-state index contributed by atoms with van der Waals surface area (Å²) < 4.78 is 5.19. The Hall–Kier alpha value is -2.22. The third-order valence-electron chi connectivity index (χ3n) is 2.77. The SMILES string of the molecule is C#CCCN1C(=O)NC(C)(c2ccco2)C1=O. The highest BCUT2D eigenvalue weighted by atomic mass is 16.3. The molecule has 1 fully saturated rings. The normalized spacial score (nSPS) is 23.6. The lowest BCUT2D eigenvalue weighted by Gasteiger charge is -2.18. The van der Waals surface area contributed by atoms with Crippen LogP contribution in [0, 0.1) is 12.3 Å². The van der Waals surface area contributed by atoms with Crippen LogP contribution in [-0.2, 0) is 10.3 Å². The van der Waals surface area contributed by atoms with Gasteiger partial charge < -0.3 is 9.73 Å². The van der Waals surface area contributed by atoms with E-state index in [-0.39, 0.29) is 12.5 Å². The molecule has 88 valence electrons. The molecule has 1 unspecified atom stereocenters. The van der Waals surface area contributed by atoms with Crippen molar-refractivity contribution >= 4 is 11.9 Å². The van der Waals surface area contributed by atoms with Crippen LogP contribution in [0.2, 0.25) is 0 Å². The molecular formula is C12H12N2O3. The second-order valence-electron chi connectivity index (χ2n) is 3.94. The second kappa shape index (κ2) is 3.98. The highest BCUT2D eigenvalue weighted by molar-refractivity contribution is 6.06. The minimum absolute atomic E-state index is 0.220. The van der Waals surface area contributed by atoms with Crippen LogP contribution in [0.5, 0.6) is 0 Å². The van der Waals surface area contributed by atoms with Crippen LogP contribution in [0.3, 0.4) is 0 Å². The van der Waals surface area contributed by atoms with Crippen LogP contribution in [0.25, 0.3) is 0 Å². The van der Waals surface area contributed by atoms with Gasteiger partial charge in [0.2, 0.25) is 0 Å². The number of nitrogens with one attached hydrogen (secondary N) is 1. The standard InChI is InChI=1S/C12H12N2O3/c1-3-4-7-14-10(15)12(2,13-11(14)16)9-6-5-8-17-9/h1,5-6,8H,4,7H2,2H3,(H,13,16). The van der Waals surface area contributed by atoms with Gasteiger partial charge in [-0.25, -0.2) is 4.79 Å². The zero-order valence-electron chi connectivity index (χ0n) is 9.40. The molecule has 1 saturated heterocycles. The fourth-order valence-electron chi connectivity index (χ4n) is 1.81. The van der Waals surface area contributed by atoms with E-state index in [1.165, 1.54) is 6.26 Å². The number of carbonyl (C=O) groups is 2. The molecular weight excluding hydrogens is 220 g/mol. The van der Waals surface area contributed by atoms with Gasteiger partial charge in [-0.15, -0.1) is 12.3 Å². The first-order valence-corrected chi connectivity index (χ1v) is 5.21. The second-order valence-corrected chi connectivity index (χ2v) is 3.94. The fraction of sp³-hybridized carbons (Fsp3) is 0.333. The quantitative estimate of drug-likeness (QED) is 0.626. The summed E-state index contributed by atoms with van der Waals surface area (Å²) in [5.41, 5.74) is -1.13. The van der Waals surface area contributed by atoms with E-state index >= 15 is 0 Å². The van der Waals surface area contributed by atoms with Crippen molar-refractivity contribution in [3.8, 4) is 12.3 Å². The molecule has 0 radical (unpaired) electrons. The molecule has 1 aromatic heterocycles. The molecule has 5 heteroatoms. The van der Waals surface area contributed by atoms with Crippen LogP contribution < -0.4 is 5.32 Å². The number of furan rings is 1. The average Bonchev–Trinajstić information content (AvgIpc) is 2.88. The Labute approximate surface area is 98.8 Å². The number of hydrogen-bond donors (Lipinski definition) is 1. The van der Waals surface area contributed by atoms with E-state index in [1.807, 2.05) is 0 Å². The Morgan fingerprint density at radius 1 is 1.59 bits per heavy atom. The molecule has 1 aromatic rings. The maximum atomic E-state index is 12.2. The van der Waals surface area contributed by atoms with Gasteiger partial charge in [0.05, 0.1) is 6.26 Å². The lowest BCUT2D eigenvalue weighted by atomic mass is 9.99. The van der Waals surface area contributed by atoms with Crippen LogP contribution in [0.1, 0.15) is 19.1 Å². The Morgan fingerprint density at radius 3 is 2.94 bits per heavy atom. The van der Waals surface area contributed by atoms with Gasteiger partial charge in [0.15, 0.2) is 5.54 Å². The molecule has 0 spiro atoms. The van der Waals surface area contributed by atoms with Crippen molar-refractivity contribution in [2.24, 2.45) is 0 Å². The van der Waals surface area contributed by atoms with E-state index in [9.17, 15) is 9.59 Å². The predicted molar refractivity (Wildman–Crippen MR) is 59.8 cm³/mol. The number of terminal acetylenes is 1. The van der Waals surface area contributed by atoms with Crippen molar-refractivity contribution in [1.82, 2.24) is 10.2 Å². The Morgan fingerprint density at radius 2 is 2.35 bits per heavy atom. The summed E-state index contributed by atoms with van der Waals surface area (Å²) in [4.78, 5) is 25.0. The minimum Gasteiger partial charge on any atom is -0.466 e. The third-order valence-corrected chi connectivity index (χ3v) is 2.77. The van der Waals surface area contributed by atoms with Crippen LogP contribution in [0.4, 0.5) is 4.79 Å². The zero-order chi connectivity index (χ0) is 12.5.